The van der Waals surface area contributed by atoms with Crippen molar-refractivity contribution in [3.8, 4) is 0 Å². The van der Waals surface area contributed by atoms with Crippen LogP contribution in [0.1, 0.15) is 6.42 Å². The molecule has 0 bridgehead atoms. The van der Waals surface area contributed by atoms with Gasteiger partial charge in [0.2, 0.25) is 0 Å². The van der Waals surface area contributed by atoms with E-state index in [9.17, 15) is 18.0 Å². The number of alkyl halides is 3. The number of carboxylic acid groups (broad SMARTS) is 1. The topological polar surface area (TPSA) is 63.3 Å². The zero-order valence-corrected chi connectivity index (χ0v) is 6.58. The highest BCUT2D eigenvalue weighted by Crippen LogP contribution is 2.51. The smallest absolute Gasteiger partial charge is 0.394 e. The van der Waals surface area contributed by atoms with E-state index in [0.717, 1.165) is 0 Å². The van der Waals surface area contributed by atoms with Crippen LogP contribution >= 0.6 is 12.4 Å². The molecule has 3 nitrogen and oxygen atoms in total. The zero-order valence-electron chi connectivity index (χ0n) is 5.76. The van der Waals surface area contributed by atoms with Crippen LogP contribution in [-0.4, -0.2) is 22.8 Å². The standard InChI is InChI=1S/C5H6F3NO2.ClH/c6-5(7,8)2-1-4(2,9)3(10)11;/h2H,1,9H2,(H,10,11);1H/t2-,4-;/m0./s1. The number of carboxylic acids is 1. The molecular formula is C5H7ClF3NO2. The third kappa shape index (κ3) is 1.64. The Bertz CT molecular complexity index is 207. The average molecular weight is 206 g/mol. The van der Waals surface area contributed by atoms with Crippen molar-refractivity contribution >= 4 is 18.4 Å². The van der Waals surface area contributed by atoms with E-state index in [-0.39, 0.29) is 12.4 Å². The minimum absolute atomic E-state index is 0. The predicted octanol–water partition coefficient (Wildman–Crippen LogP) is 0.772. The van der Waals surface area contributed by atoms with Crippen LogP contribution in [0.3, 0.4) is 0 Å². The van der Waals surface area contributed by atoms with E-state index in [2.05, 4.69) is 0 Å². The second kappa shape index (κ2) is 2.77. The van der Waals surface area contributed by atoms with Gasteiger partial charge in [0, 0.05) is 0 Å². The van der Waals surface area contributed by atoms with Gasteiger partial charge in [-0.15, -0.1) is 12.4 Å². The number of halogens is 4. The molecular weight excluding hydrogens is 199 g/mol. The summed E-state index contributed by atoms with van der Waals surface area (Å²) in [5.74, 6) is -3.45. The van der Waals surface area contributed by atoms with Crippen LogP contribution in [0.5, 0.6) is 0 Å². The molecule has 0 aliphatic heterocycles. The molecule has 1 aliphatic rings. The molecule has 0 radical (unpaired) electrons. The molecule has 0 aromatic rings. The molecule has 0 aromatic carbocycles. The highest BCUT2D eigenvalue weighted by Gasteiger charge is 2.69. The fraction of sp³-hybridized carbons (Fsp3) is 0.800. The van der Waals surface area contributed by atoms with Gasteiger partial charge in [-0.3, -0.25) is 4.79 Å². The Labute approximate surface area is 72.1 Å². The fourth-order valence-electron chi connectivity index (χ4n) is 0.923. The first-order valence-corrected chi connectivity index (χ1v) is 2.87. The van der Waals surface area contributed by atoms with E-state index in [4.69, 9.17) is 10.8 Å². The summed E-state index contributed by atoms with van der Waals surface area (Å²) in [6.45, 7) is 0. The largest absolute Gasteiger partial charge is 0.480 e. The quantitative estimate of drug-likeness (QED) is 0.665. The number of hydrogen-bond donors (Lipinski definition) is 2. The Hall–Kier alpha value is -0.490. The van der Waals surface area contributed by atoms with Gasteiger partial charge in [-0.1, -0.05) is 0 Å². The molecule has 0 saturated heterocycles. The summed E-state index contributed by atoms with van der Waals surface area (Å²) in [5, 5.41) is 8.22. The van der Waals surface area contributed by atoms with Gasteiger partial charge in [0.05, 0.1) is 5.92 Å². The van der Waals surface area contributed by atoms with Crippen LogP contribution in [0.4, 0.5) is 13.2 Å². The Kier molecular flexibility index (Phi) is 2.66. The minimum atomic E-state index is -4.48. The maximum atomic E-state index is 11.8. The van der Waals surface area contributed by atoms with E-state index < -0.39 is 30.0 Å². The van der Waals surface area contributed by atoms with Crippen molar-refractivity contribution in [3.63, 3.8) is 0 Å². The average Bonchev–Trinajstić information content (AvgIpc) is 2.41. The van der Waals surface area contributed by atoms with Gasteiger partial charge < -0.3 is 10.8 Å². The third-order valence-corrected chi connectivity index (χ3v) is 1.80. The summed E-state index contributed by atoms with van der Waals surface area (Å²) in [6.07, 6.45) is -4.99. The number of rotatable bonds is 1. The van der Waals surface area contributed by atoms with Gasteiger partial charge in [-0.2, -0.15) is 13.2 Å². The lowest BCUT2D eigenvalue weighted by atomic mass is 10.2. The van der Waals surface area contributed by atoms with Gasteiger partial charge in [0.15, 0.2) is 0 Å². The molecule has 0 heterocycles. The van der Waals surface area contributed by atoms with E-state index in [1.54, 1.807) is 0 Å². The Morgan fingerprint density at radius 2 is 2.00 bits per heavy atom. The Morgan fingerprint density at radius 3 is 2.08 bits per heavy atom. The first-order chi connectivity index (χ1) is 4.78. The van der Waals surface area contributed by atoms with Crippen molar-refractivity contribution in [1.82, 2.24) is 0 Å². The number of hydrogen-bond acceptors (Lipinski definition) is 2. The van der Waals surface area contributed by atoms with E-state index in [0.29, 0.717) is 0 Å². The van der Waals surface area contributed by atoms with Crippen LogP contribution in [0, 0.1) is 5.92 Å². The van der Waals surface area contributed by atoms with Crippen molar-refractivity contribution < 1.29 is 23.1 Å². The zero-order chi connectivity index (χ0) is 8.86. The predicted molar refractivity (Wildman–Crippen MR) is 36.0 cm³/mol. The molecule has 0 amide bonds. The summed E-state index contributed by atoms with van der Waals surface area (Å²) >= 11 is 0. The van der Waals surface area contributed by atoms with E-state index in [1.807, 2.05) is 0 Å². The SMILES string of the molecule is Cl.N[C@@]1(C(=O)O)C[C@@H]1C(F)(F)F. The van der Waals surface area contributed by atoms with Crippen molar-refractivity contribution in [2.75, 3.05) is 0 Å². The molecule has 0 aromatic heterocycles. The highest BCUT2D eigenvalue weighted by molar-refractivity contribution is 5.85. The normalized spacial score (nSPS) is 33.8. The minimum Gasteiger partial charge on any atom is -0.480 e. The molecule has 1 saturated carbocycles. The Morgan fingerprint density at radius 1 is 1.58 bits per heavy atom. The van der Waals surface area contributed by atoms with Crippen molar-refractivity contribution in [2.24, 2.45) is 11.7 Å². The summed E-state index contributed by atoms with van der Waals surface area (Å²) in [4.78, 5) is 10.1. The summed E-state index contributed by atoms with van der Waals surface area (Å²) in [6, 6.07) is 0. The van der Waals surface area contributed by atoms with Gasteiger partial charge in [0.25, 0.3) is 0 Å². The monoisotopic (exact) mass is 205 g/mol. The van der Waals surface area contributed by atoms with Crippen molar-refractivity contribution in [2.45, 2.75) is 18.1 Å². The maximum absolute atomic E-state index is 11.8. The third-order valence-electron chi connectivity index (χ3n) is 1.80. The van der Waals surface area contributed by atoms with Gasteiger partial charge >= 0.3 is 12.1 Å². The molecule has 12 heavy (non-hydrogen) atoms. The highest BCUT2D eigenvalue weighted by atomic mass is 35.5. The van der Waals surface area contributed by atoms with Gasteiger partial charge in [0.1, 0.15) is 5.54 Å². The van der Waals surface area contributed by atoms with Crippen molar-refractivity contribution in [3.05, 3.63) is 0 Å². The number of aliphatic carboxylic acids is 1. The lowest BCUT2D eigenvalue weighted by Gasteiger charge is -2.07. The summed E-state index contributed by atoms with van der Waals surface area (Å²) in [7, 11) is 0. The van der Waals surface area contributed by atoms with Crippen LogP contribution < -0.4 is 5.73 Å². The van der Waals surface area contributed by atoms with E-state index >= 15 is 0 Å². The molecule has 3 N–H and O–H groups in total. The van der Waals surface area contributed by atoms with Crippen molar-refractivity contribution in [1.29, 1.82) is 0 Å². The molecule has 0 unspecified atom stereocenters. The second-order valence-electron chi connectivity index (χ2n) is 2.64. The van der Waals surface area contributed by atoms with Crippen LogP contribution in [-0.2, 0) is 4.79 Å². The second-order valence-corrected chi connectivity index (χ2v) is 2.64. The fourth-order valence-corrected chi connectivity index (χ4v) is 0.923. The van der Waals surface area contributed by atoms with Crippen LogP contribution in [0.2, 0.25) is 0 Å². The summed E-state index contributed by atoms with van der Waals surface area (Å²) < 4.78 is 35.3. The summed E-state index contributed by atoms with van der Waals surface area (Å²) in [5.41, 5.74) is 2.84. The van der Waals surface area contributed by atoms with Crippen LogP contribution in [0.15, 0.2) is 0 Å². The molecule has 1 fully saturated rings. The maximum Gasteiger partial charge on any atom is 0.394 e. The number of nitrogens with two attached hydrogens (primary N) is 1. The molecule has 0 spiro atoms. The molecule has 1 aliphatic carbocycles. The van der Waals surface area contributed by atoms with Crippen LogP contribution in [0.25, 0.3) is 0 Å². The van der Waals surface area contributed by atoms with Gasteiger partial charge in [-0.25, -0.2) is 0 Å². The van der Waals surface area contributed by atoms with E-state index in [1.165, 1.54) is 0 Å². The molecule has 1 rings (SSSR count). The molecule has 2 atom stereocenters. The first-order valence-electron chi connectivity index (χ1n) is 2.87. The molecule has 72 valence electrons. The lowest BCUT2D eigenvalue weighted by molar-refractivity contribution is -0.161. The first kappa shape index (κ1) is 11.5. The molecule has 7 heteroatoms. The van der Waals surface area contributed by atoms with Gasteiger partial charge in [-0.05, 0) is 6.42 Å². The Balaban J connectivity index is 0.00000121. The number of carbonyl (C=O) groups is 1. The lowest BCUT2D eigenvalue weighted by Crippen LogP contribution is -2.38.